The molecule has 16 heavy (non-hydrogen) atoms. The summed E-state index contributed by atoms with van der Waals surface area (Å²) in [6.07, 6.45) is 0.996. The summed E-state index contributed by atoms with van der Waals surface area (Å²) >= 11 is 12.0. The van der Waals surface area contributed by atoms with Crippen LogP contribution in [0.4, 0.5) is 0 Å². The van der Waals surface area contributed by atoms with Crippen LogP contribution in [-0.2, 0) is 6.42 Å². The topological polar surface area (TPSA) is 15.3 Å². The molecule has 4 heteroatoms. The van der Waals surface area contributed by atoms with Crippen LogP contribution in [0.25, 0.3) is 0 Å². The maximum atomic E-state index is 6.13. The molecule has 0 saturated carbocycles. The molecule has 1 aromatic carbocycles. The molecule has 0 unspecified atom stereocenters. The molecule has 88 valence electrons. The van der Waals surface area contributed by atoms with Crippen molar-refractivity contribution in [1.82, 2.24) is 10.2 Å². The van der Waals surface area contributed by atoms with E-state index in [2.05, 4.69) is 10.2 Å². The van der Waals surface area contributed by atoms with Crippen LogP contribution in [-0.4, -0.2) is 37.6 Å². The lowest BCUT2D eigenvalue weighted by Gasteiger charge is -2.27. The highest BCUT2D eigenvalue weighted by Gasteiger charge is 2.10. The zero-order valence-corrected chi connectivity index (χ0v) is 10.7. The van der Waals surface area contributed by atoms with Crippen LogP contribution in [0.2, 0.25) is 10.0 Å². The molecule has 0 atom stereocenters. The van der Waals surface area contributed by atoms with Gasteiger partial charge in [0.05, 0.1) is 0 Å². The van der Waals surface area contributed by atoms with Gasteiger partial charge in [0.2, 0.25) is 0 Å². The fourth-order valence-electron chi connectivity index (χ4n) is 1.94. The first-order valence-electron chi connectivity index (χ1n) is 5.63. The van der Waals surface area contributed by atoms with Crippen molar-refractivity contribution in [2.75, 3.05) is 32.7 Å². The number of hydrogen-bond acceptors (Lipinski definition) is 2. The lowest BCUT2D eigenvalue weighted by atomic mass is 10.1. The number of hydrogen-bond donors (Lipinski definition) is 1. The average Bonchev–Trinajstić information content (AvgIpc) is 2.29. The van der Waals surface area contributed by atoms with Gasteiger partial charge in [-0.05, 0) is 24.1 Å². The summed E-state index contributed by atoms with van der Waals surface area (Å²) in [4.78, 5) is 2.46. The first-order chi connectivity index (χ1) is 7.75. The summed E-state index contributed by atoms with van der Waals surface area (Å²) in [5, 5.41) is 4.83. The van der Waals surface area contributed by atoms with E-state index in [1.165, 1.54) is 5.56 Å². The monoisotopic (exact) mass is 258 g/mol. The van der Waals surface area contributed by atoms with Gasteiger partial charge in [-0.15, -0.1) is 0 Å². The van der Waals surface area contributed by atoms with E-state index in [1.54, 1.807) is 0 Å². The minimum atomic E-state index is 0.705. The highest BCUT2D eigenvalue weighted by Crippen LogP contribution is 2.21. The summed E-state index contributed by atoms with van der Waals surface area (Å²) in [5.41, 5.74) is 1.18. The molecule has 2 rings (SSSR count). The van der Waals surface area contributed by atoms with Crippen molar-refractivity contribution in [2.24, 2.45) is 0 Å². The summed E-state index contributed by atoms with van der Waals surface area (Å²) < 4.78 is 0. The van der Waals surface area contributed by atoms with E-state index >= 15 is 0 Å². The van der Waals surface area contributed by atoms with Gasteiger partial charge in [0.25, 0.3) is 0 Å². The molecule has 1 aliphatic heterocycles. The second kappa shape index (κ2) is 5.87. The molecule has 0 radical (unpaired) electrons. The van der Waals surface area contributed by atoms with Gasteiger partial charge in [0.15, 0.2) is 0 Å². The van der Waals surface area contributed by atoms with Crippen molar-refractivity contribution in [2.45, 2.75) is 6.42 Å². The van der Waals surface area contributed by atoms with Gasteiger partial charge >= 0.3 is 0 Å². The minimum Gasteiger partial charge on any atom is -0.314 e. The highest BCUT2D eigenvalue weighted by molar-refractivity contribution is 6.35. The molecule has 1 fully saturated rings. The van der Waals surface area contributed by atoms with E-state index in [0.29, 0.717) is 5.02 Å². The van der Waals surface area contributed by atoms with E-state index < -0.39 is 0 Å². The Morgan fingerprint density at radius 1 is 1.19 bits per heavy atom. The zero-order valence-electron chi connectivity index (χ0n) is 9.18. The van der Waals surface area contributed by atoms with Gasteiger partial charge in [-0.1, -0.05) is 29.3 Å². The standard InChI is InChI=1S/C12H16Cl2N2/c13-11-2-1-10(12(14)9-11)3-6-16-7-4-15-5-8-16/h1-2,9,15H,3-8H2. The second-order valence-electron chi connectivity index (χ2n) is 4.08. The van der Waals surface area contributed by atoms with E-state index in [9.17, 15) is 0 Å². The summed E-state index contributed by atoms with van der Waals surface area (Å²) in [5.74, 6) is 0. The van der Waals surface area contributed by atoms with E-state index in [1.807, 2.05) is 18.2 Å². The fraction of sp³-hybridized carbons (Fsp3) is 0.500. The van der Waals surface area contributed by atoms with Crippen LogP contribution >= 0.6 is 23.2 Å². The number of halogens is 2. The van der Waals surface area contributed by atoms with Gasteiger partial charge in [0, 0.05) is 42.8 Å². The van der Waals surface area contributed by atoms with Crippen LogP contribution in [0.15, 0.2) is 18.2 Å². The summed E-state index contributed by atoms with van der Waals surface area (Å²) in [6.45, 7) is 5.52. The first kappa shape index (κ1) is 12.2. The minimum absolute atomic E-state index is 0.705. The maximum absolute atomic E-state index is 6.13. The van der Waals surface area contributed by atoms with Crippen LogP contribution in [0.1, 0.15) is 5.56 Å². The van der Waals surface area contributed by atoms with Crippen molar-refractivity contribution in [3.8, 4) is 0 Å². The van der Waals surface area contributed by atoms with Crippen LogP contribution < -0.4 is 5.32 Å². The van der Waals surface area contributed by atoms with Gasteiger partial charge in [-0.25, -0.2) is 0 Å². The predicted molar refractivity (Wildman–Crippen MR) is 69.5 cm³/mol. The Morgan fingerprint density at radius 2 is 1.94 bits per heavy atom. The van der Waals surface area contributed by atoms with Crippen molar-refractivity contribution in [3.63, 3.8) is 0 Å². The largest absolute Gasteiger partial charge is 0.314 e. The Morgan fingerprint density at radius 3 is 2.62 bits per heavy atom. The molecule has 1 aromatic rings. The molecule has 0 aromatic heterocycles. The van der Waals surface area contributed by atoms with E-state index in [0.717, 1.165) is 44.2 Å². The molecule has 0 bridgehead atoms. The van der Waals surface area contributed by atoms with E-state index in [-0.39, 0.29) is 0 Å². The third-order valence-corrected chi connectivity index (χ3v) is 3.51. The Bertz CT molecular complexity index is 349. The third-order valence-electron chi connectivity index (χ3n) is 2.92. The van der Waals surface area contributed by atoms with Gasteiger partial charge in [-0.2, -0.15) is 0 Å². The number of rotatable bonds is 3. The van der Waals surface area contributed by atoms with Crippen molar-refractivity contribution in [1.29, 1.82) is 0 Å². The fourth-order valence-corrected chi connectivity index (χ4v) is 2.44. The lowest BCUT2D eigenvalue weighted by molar-refractivity contribution is 0.244. The Hall–Kier alpha value is -0.280. The zero-order chi connectivity index (χ0) is 11.4. The van der Waals surface area contributed by atoms with Crippen molar-refractivity contribution < 1.29 is 0 Å². The number of benzene rings is 1. The first-order valence-corrected chi connectivity index (χ1v) is 6.38. The molecular formula is C12H16Cl2N2. The molecular weight excluding hydrogens is 243 g/mol. The molecule has 0 amide bonds. The van der Waals surface area contributed by atoms with E-state index in [4.69, 9.17) is 23.2 Å². The quantitative estimate of drug-likeness (QED) is 0.896. The normalized spacial score (nSPS) is 17.6. The Labute approximate surface area is 107 Å². The van der Waals surface area contributed by atoms with Gasteiger partial charge in [-0.3, -0.25) is 0 Å². The predicted octanol–water partition coefficient (Wildman–Crippen LogP) is 2.44. The molecule has 1 saturated heterocycles. The van der Waals surface area contributed by atoms with Gasteiger partial charge in [0.1, 0.15) is 0 Å². The molecule has 0 spiro atoms. The molecule has 1 heterocycles. The van der Waals surface area contributed by atoms with Crippen molar-refractivity contribution in [3.05, 3.63) is 33.8 Å². The number of nitrogens with zero attached hydrogens (tertiary/aromatic N) is 1. The molecule has 1 aliphatic rings. The van der Waals surface area contributed by atoms with Crippen LogP contribution in [0, 0.1) is 0 Å². The summed E-state index contributed by atoms with van der Waals surface area (Å²) in [7, 11) is 0. The second-order valence-corrected chi connectivity index (χ2v) is 4.92. The lowest BCUT2D eigenvalue weighted by Crippen LogP contribution is -2.44. The van der Waals surface area contributed by atoms with Crippen LogP contribution in [0.3, 0.4) is 0 Å². The molecule has 2 nitrogen and oxygen atoms in total. The molecule has 0 aliphatic carbocycles. The summed E-state index contributed by atoms with van der Waals surface area (Å²) in [6, 6.07) is 5.74. The number of piperazine rings is 1. The van der Waals surface area contributed by atoms with Gasteiger partial charge < -0.3 is 10.2 Å². The highest BCUT2D eigenvalue weighted by atomic mass is 35.5. The average molecular weight is 259 g/mol. The Balaban J connectivity index is 1.88. The van der Waals surface area contributed by atoms with Crippen molar-refractivity contribution >= 4 is 23.2 Å². The third kappa shape index (κ3) is 3.36. The number of nitrogens with one attached hydrogen (secondary N) is 1. The molecule has 1 N–H and O–H groups in total. The smallest absolute Gasteiger partial charge is 0.0453 e. The Kier molecular flexibility index (Phi) is 4.47. The SMILES string of the molecule is Clc1ccc(CCN2CCNCC2)c(Cl)c1. The van der Waals surface area contributed by atoms with Crippen LogP contribution in [0.5, 0.6) is 0 Å². The maximum Gasteiger partial charge on any atom is 0.0453 e.